The molecule has 18 heavy (non-hydrogen) atoms. The van der Waals surface area contributed by atoms with E-state index in [0.29, 0.717) is 6.42 Å². The van der Waals surface area contributed by atoms with E-state index < -0.39 is 17.9 Å². The van der Waals surface area contributed by atoms with Crippen molar-refractivity contribution in [1.29, 1.82) is 0 Å². The molecule has 0 fully saturated rings. The number of hydrogen-bond donors (Lipinski definition) is 2. The second-order valence-corrected chi connectivity index (χ2v) is 4.57. The van der Waals surface area contributed by atoms with Crippen LogP contribution in [0.3, 0.4) is 0 Å². The third-order valence-electron chi connectivity index (χ3n) is 2.89. The first-order valence-corrected chi connectivity index (χ1v) is 6.70. The molecule has 106 valence electrons. The van der Waals surface area contributed by atoms with E-state index >= 15 is 0 Å². The Bertz CT molecular complexity index is 235. The van der Waals surface area contributed by atoms with Crippen molar-refractivity contribution in [3.8, 4) is 0 Å². The molecule has 0 aliphatic rings. The van der Waals surface area contributed by atoms with Crippen molar-refractivity contribution in [2.45, 2.75) is 46.0 Å². The number of carbonyl (C=O) groups is 2. The van der Waals surface area contributed by atoms with Gasteiger partial charge in [-0.3, -0.25) is 9.59 Å². The zero-order valence-electron chi connectivity index (χ0n) is 11.4. The molecule has 0 unspecified atom stereocenters. The first-order chi connectivity index (χ1) is 8.52. The van der Waals surface area contributed by atoms with Crippen molar-refractivity contribution in [1.82, 2.24) is 4.90 Å². The van der Waals surface area contributed by atoms with Crippen LogP contribution in [0.5, 0.6) is 0 Å². The lowest BCUT2D eigenvalue weighted by atomic mass is 10.0. The summed E-state index contributed by atoms with van der Waals surface area (Å²) in [4.78, 5) is 23.7. The van der Waals surface area contributed by atoms with Crippen LogP contribution in [-0.2, 0) is 9.59 Å². The maximum Gasteiger partial charge on any atom is 0.317 e. The van der Waals surface area contributed by atoms with E-state index in [0.717, 1.165) is 38.9 Å². The highest BCUT2D eigenvalue weighted by molar-refractivity contribution is 5.92. The van der Waals surface area contributed by atoms with Crippen LogP contribution >= 0.6 is 0 Å². The fraction of sp³-hybridized carbons (Fsp3) is 0.846. The SMILES string of the molecule is CCCN(CCC)CCCCC(C(=O)O)C(=O)O. The molecular weight excluding hydrogens is 234 g/mol. The lowest BCUT2D eigenvalue weighted by molar-refractivity contribution is -0.154. The lowest BCUT2D eigenvalue weighted by Crippen LogP contribution is -2.27. The van der Waals surface area contributed by atoms with E-state index in [-0.39, 0.29) is 6.42 Å². The average molecular weight is 259 g/mol. The Morgan fingerprint density at radius 3 is 1.83 bits per heavy atom. The number of hydrogen-bond acceptors (Lipinski definition) is 3. The second kappa shape index (κ2) is 9.88. The van der Waals surface area contributed by atoms with Crippen molar-refractivity contribution >= 4 is 11.9 Å². The molecule has 5 nitrogen and oxygen atoms in total. The largest absolute Gasteiger partial charge is 0.481 e. The Balaban J connectivity index is 3.87. The van der Waals surface area contributed by atoms with Crippen molar-refractivity contribution < 1.29 is 19.8 Å². The fourth-order valence-corrected chi connectivity index (χ4v) is 2.00. The molecule has 2 N–H and O–H groups in total. The molecule has 0 aromatic carbocycles. The summed E-state index contributed by atoms with van der Waals surface area (Å²) in [5.41, 5.74) is 0. The smallest absolute Gasteiger partial charge is 0.317 e. The van der Waals surface area contributed by atoms with Crippen molar-refractivity contribution in [3.05, 3.63) is 0 Å². The Morgan fingerprint density at radius 1 is 0.944 bits per heavy atom. The molecule has 0 aromatic heterocycles. The van der Waals surface area contributed by atoms with Gasteiger partial charge in [0.15, 0.2) is 5.92 Å². The van der Waals surface area contributed by atoms with Gasteiger partial charge in [-0.2, -0.15) is 0 Å². The number of aliphatic carboxylic acids is 2. The van der Waals surface area contributed by atoms with Gasteiger partial charge < -0.3 is 15.1 Å². The van der Waals surface area contributed by atoms with E-state index in [1.54, 1.807) is 0 Å². The Kier molecular flexibility index (Phi) is 9.28. The van der Waals surface area contributed by atoms with Crippen LogP contribution in [0.25, 0.3) is 0 Å². The van der Waals surface area contributed by atoms with Gasteiger partial charge in [0, 0.05) is 0 Å². The van der Waals surface area contributed by atoms with Crippen LogP contribution in [-0.4, -0.2) is 46.7 Å². The number of rotatable bonds is 11. The first-order valence-electron chi connectivity index (χ1n) is 6.70. The summed E-state index contributed by atoms with van der Waals surface area (Å²) in [5.74, 6) is -3.72. The van der Waals surface area contributed by atoms with Crippen LogP contribution < -0.4 is 0 Å². The molecule has 0 saturated carbocycles. The predicted molar refractivity (Wildman–Crippen MR) is 69.6 cm³/mol. The van der Waals surface area contributed by atoms with Gasteiger partial charge in [0.25, 0.3) is 0 Å². The van der Waals surface area contributed by atoms with Crippen LogP contribution in [0.15, 0.2) is 0 Å². The number of carboxylic acids is 2. The normalized spacial score (nSPS) is 11.1. The molecule has 0 aliphatic heterocycles. The minimum absolute atomic E-state index is 0.219. The molecule has 0 radical (unpaired) electrons. The van der Waals surface area contributed by atoms with E-state index in [2.05, 4.69) is 18.7 Å². The van der Waals surface area contributed by atoms with E-state index in [1.165, 1.54) is 0 Å². The maximum absolute atomic E-state index is 10.7. The summed E-state index contributed by atoms with van der Waals surface area (Å²) in [5, 5.41) is 17.5. The van der Waals surface area contributed by atoms with Gasteiger partial charge in [-0.15, -0.1) is 0 Å². The predicted octanol–water partition coefficient (Wildman–Crippen LogP) is 2.06. The summed E-state index contributed by atoms with van der Waals surface area (Å²) in [6, 6.07) is 0. The molecule has 0 saturated heterocycles. The molecule has 0 spiro atoms. The van der Waals surface area contributed by atoms with Crippen molar-refractivity contribution in [2.75, 3.05) is 19.6 Å². The molecular formula is C13H25NO4. The molecule has 0 aliphatic carbocycles. The number of carboxylic acid groups (broad SMARTS) is 2. The molecule has 0 bridgehead atoms. The Hall–Kier alpha value is -1.10. The van der Waals surface area contributed by atoms with Gasteiger partial charge in [0.2, 0.25) is 0 Å². The van der Waals surface area contributed by atoms with Crippen LogP contribution in [0, 0.1) is 5.92 Å². The average Bonchev–Trinajstić information content (AvgIpc) is 2.28. The summed E-state index contributed by atoms with van der Waals surface area (Å²) in [6.07, 6.45) is 3.93. The molecule has 0 amide bonds. The van der Waals surface area contributed by atoms with Gasteiger partial charge in [-0.05, 0) is 45.3 Å². The topological polar surface area (TPSA) is 77.8 Å². The van der Waals surface area contributed by atoms with Crippen LogP contribution in [0.1, 0.15) is 46.0 Å². The highest BCUT2D eigenvalue weighted by atomic mass is 16.4. The molecule has 0 heterocycles. The summed E-state index contributed by atoms with van der Waals surface area (Å²) in [6.45, 7) is 7.29. The van der Waals surface area contributed by atoms with E-state index in [4.69, 9.17) is 10.2 Å². The van der Waals surface area contributed by atoms with Gasteiger partial charge >= 0.3 is 11.9 Å². The Morgan fingerprint density at radius 2 is 1.44 bits per heavy atom. The van der Waals surface area contributed by atoms with Gasteiger partial charge in [-0.25, -0.2) is 0 Å². The quantitative estimate of drug-likeness (QED) is 0.438. The first kappa shape index (κ1) is 16.9. The third kappa shape index (κ3) is 7.27. The summed E-state index contributed by atoms with van der Waals surface area (Å²) < 4.78 is 0. The molecule has 0 aromatic rings. The maximum atomic E-state index is 10.7. The van der Waals surface area contributed by atoms with Gasteiger partial charge in [0.1, 0.15) is 0 Å². The fourth-order valence-electron chi connectivity index (χ4n) is 2.00. The second-order valence-electron chi connectivity index (χ2n) is 4.57. The molecule has 5 heteroatoms. The van der Waals surface area contributed by atoms with Crippen molar-refractivity contribution in [3.63, 3.8) is 0 Å². The van der Waals surface area contributed by atoms with Crippen molar-refractivity contribution in [2.24, 2.45) is 5.92 Å². The third-order valence-corrected chi connectivity index (χ3v) is 2.89. The number of nitrogens with zero attached hydrogens (tertiary/aromatic N) is 1. The summed E-state index contributed by atoms with van der Waals surface area (Å²) >= 11 is 0. The minimum atomic E-state index is -1.25. The summed E-state index contributed by atoms with van der Waals surface area (Å²) in [7, 11) is 0. The lowest BCUT2D eigenvalue weighted by Gasteiger charge is -2.20. The van der Waals surface area contributed by atoms with Gasteiger partial charge in [-0.1, -0.05) is 20.3 Å². The molecule has 0 rings (SSSR count). The number of unbranched alkanes of at least 4 members (excludes halogenated alkanes) is 1. The van der Waals surface area contributed by atoms with E-state index in [9.17, 15) is 9.59 Å². The zero-order valence-corrected chi connectivity index (χ0v) is 11.4. The van der Waals surface area contributed by atoms with Crippen LogP contribution in [0.4, 0.5) is 0 Å². The zero-order chi connectivity index (χ0) is 14.0. The van der Waals surface area contributed by atoms with Gasteiger partial charge in [0.05, 0.1) is 0 Å². The monoisotopic (exact) mass is 259 g/mol. The standard InChI is InChI=1S/C13H25NO4/c1-3-8-14(9-4-2)10-6-5-7-11(12(15)16)13(17)18/h11H,3-10H2,1-2H3,(H,15,16)(H,17,18). The molecule has 0 atom stereocenters. The minimum Gasteiger partial charge on any atom is -0.481 e. The van der Waals surface area contributed by atoms with E-state index in [1.807, 2.05) is 0 Å². The highest BCUT2D eigenvalue weighted by Gasteiger charge is 2.24. The van der Waals surface area contributed by atoms with Crippen LogP contribution in [0.2, 0.25) is 0 Å². The highest BCUT2D eigenvalue weighted by Crippen LogP contribution is 2.10. The Labute approximate surface area is 109 Å².